The minimum atomic E-state index is -4.02. The molecule has 7 heteroatoms. The third-order valence-corrected chi connectivity index (χ3v) is 7.12. The molecule has 1 atom stereocenters. The highest BCUT2D eigenvalue weighted by Crippen LogP contribution is 2.11. The molecule has 0 aromatic heterocycles. The van der Waals surface area contributed by atoms with E-state index in [2.05, 4.69) is 32.9 Å². The van der Waals surface area contributed by atoms with Crippen LogP contribution in [0.25, 0.3) is 0 Å². The Bertz CT molecular complexity index is 834. The van der Waals surface area contributed by atoms with E-state index in [0.717, 1.165) is 18.4 Å². The standard InChI is InChI=1S/C24H47NO2.C7H8O3S/c1-4-5-6-7-8-9-10-11-12-13-14-15-16-17-18-19-20-27-24(26)23(25)21-22(2)3;1-6-2-4-7(5-3-6)11(8,9)10/h11-12,22-23H,4-10,13-21,25H2,1-3H3;2-5H,1H3,(H,8,9,10)/b12-11-;/t23-;/m0./s1. The smallest absolute Gasteiger partial charge is 0.322 e. The maximum atomic E-state index is 11.7. The van der Waals surface area contributed by atoms with E-state index in [1.807, 2.05) is 6.92 Å². The molecule has 38 heavy (non-hydrogen) atoms. The molecule has 6 nitrogen and oxygen atoms in total. The molecular weight excluding hydrogens is 498 g/mol. The highest BCUT2D eigenvalue weighted by Gasteiger charge is 2.15. The predicted molar refractivity (Wildman–Crippen MR) is 159 cm³/mol. The van der Waals surface area contributed by atoms with Gasteiger partial charge in [0.05, 0.1) is 11.5 Å². The molecule has 0 saturated heterocycles. The van der Waals surface area contributed by atoms with Gasteiger partial charge in [0.1, 0.15) is 6.04 Å². The lowest BCUT2D eigenvalue weighted by Gasteiger charge is -2.13. The third kappa shape index (κ3) is 22.3. The van der Waals surface area contributed by atoms with Gasteiger partial charge in [-0.1, -0.05) is 108 Å². The molecule has 220 valence electrons. The average molecular weight is 554 g/mol. The Labute approximate surface area is 233 Å². The summed E-state index contributed by atoms with van der Waals surface area (Å²) in [5, 5.41) is 0. The molecule has 0 saturated carbocycles. The summed E-state index contributed by atoms with van der Waals surface area (Å²) in [6.07, 6.45) is 23.4. The van der Waals surface area contributed by atoms with E-state index in [4.69, 9.17) is 15.0 Å². The molecule has 1 aromatic carbocycles. The zero-order chi connectivity index (χ0) is 28.7. The highest BCUT2D eigenvalue weighted by molar-refractivity contribution is 7.85. The van der Waals surface area contributed by atoms with Gasteiger partial charge in [-0.3, -0.25) is 9.35 Å². The second kappa shape index (κ2) is 23.2. The Morgan fingerprint density at radius 3 is 1.82 bits per heavy atom. The average Bonchev–Trinajstić information content (AvgIpc) is 2.85. The second-order valence-electron chi connectivity index (χ2n) is 10.6. The van der Waals surface area contributed by atoms with E-state index < -0.39 is 16.2 Å². The molecular formula is C31H55NO5S. The summed E-state index contributed by atoms with van der Waals surface area (Å²) in [6.45, 7) is 8.77. The summed E-state index contributed by atoms with van der Waals surface area (Å²) < 4.78 is 34.8. The molecule has 0 bridgehead atoms. The molecule has 0 aliphatic rings. The van der Waals surface area contributed by atoms with Crippen molar-refractivity contribution in [2.45, 2.75) is 135 Å². The van der Waals surface area contributed by atoms with Crippen molar-refractivity contribution in [2.24, 2.45) is 11.7 Å². The van der Waals surface area contributed by atoms with E-state index >= 15 is 0 Å². The third-order valence-electron chi connectivity index (χ3n) is 6.25. The van der Waals surface area contributed by atoms with E-state index in [-0.39, 0.29) is 10.9 Å². The van der Waals surface area contributed by atoms with Crippen LogP contribution in [0, 0.1) is 12.8 Å². The van der Waals surface area contributed by atoms with Crippen molar-refractivity contribution < 1.29 is 22.5 Å². The van der Waals surface area contributed by atoms with Gasteiger partial charge < -0.3 is 10.5 Å². The number of allylic oxidation sites excluding steroid dienone is 2. The van der Waals surface area contributed by atoms with Crippen molar-refractivity contribution in [3.8, 4) is 0 Å². The van der Waals surface area contributed by atoms with Gasteiger partial charge in [-0.2, -0.15) is 8.42 Å². The Hall–Kier alpha value is -1.70. The van der Waals surface area contributed by atoms with Crippen LogP contribution in [0.3, 0.4) is 0 Å². The summed E-state index contributed by atoms with van der Waals surface area (Å²) in [4.78, 5) is 11.6. The summed E-state index contributed by atoms with van der Waals surface area (Å²) in [5.74, 6) is 0.189. The fourth-order valence-corrected chi connectivity index (χ4v) is 4.42. The number of hydrogen-bond donors (Lipinski definition) is 2. The molecule has 1 aromatic rings. The van der Waals surface area contributed by atoms with Crippen molar-refractivity contribution in [1.82, 2.24) is 0 Å². The number of benzene rings is 1. The van der Waals surface area contributed by atoms with Gasteiger partial charge in [0, 0.05) is 0 Å². The molecule has 0 fully saturated rings. The van der Waals surface area contributed by atoms with Gasteiger partial charge in [-0.15, -0.1) is 0 Å². The number of hydrogen-bond acceptors (Lipinski definition) is 5. The molecule has 0 radical (unpaired) electrons. The van der Waals surface area contributed by atoms with Gasteiger partial charge in [-0.25, -0.2) is 0 Å². The summed E-state index contributed by atoms with van der Waals surface area (Å²) in [7, 11) is -4.02. The van der Waals surface area contributed by atoms with Crippen molar-refractivity contribution in [3.63, 3.8) is 0 Å². The van der Waals surface area contributed by atoms with Crippen LogP contribution in [0.4, 0.5) is 0 Å². The first kappa shape index (κ1) is 36.3. The van der Waals surface area contributed by atoms with E-state index in [9.17, 15) is 13.2 Å². The Morgan fingerprint density at radius 2 is 1.34 bits per heavy atom. The number of ether oxygens (including phenoxy) is 1. The maximum absolute atomic E-state index is 11.7. The summed E-state index contributed by atoms with van der Waals surface area (Å²) in [6, 6.07) is 5.53. The van der Waals surface area contributed by atoms with Gasteiger partial charge >= 0.3 is 5.97 Å². The summed E-state index contributed by atoms with van der Waals surface area (Å²) >= 11 is 0. The topological polar surface area (TPSA) is 107 Å². The van der Waals surface area contributed by atoms with Gasteiger partial charge in [0.25, 0.3) is 10.1 Å². The van der Waals surface area contributed by atoms with Crippen LogP contribution in [-0.2, 0) is 19.6 Å². The van der Waals surface area contributed by atoms with Gasteiger partial charge in [-0.05, 0) is 63.5 Å². The number of aryl methyl sites for hydroxylation is 1. The highest BCUT2D eigenvalue weighted by atomic mass is 32.2. The zero-order valence-corrected chi connectivity index (χ0v) is 25.3. The summed E-state index contributed by atoms with van der Waals surface area (Å²) in [5.41, 5.74) is 6.77. The molecule has 0 aliphatic heterocycles. The van der Waals surface area contributed by atoms with E-state index in [1.54, 1.807) is 12.1 Å². The lowest BCUT2D eigenvalue weighted by molar-refractivity contribution is -0.145. The predicted octanol–water partition coefficient (Wildman–Crippen LogP) is 8.18. The van der Waals surface area contributed by atoms with Crippen LogP contribution in [-0.4, -0.2) is 31.6 Å². The van der Waals surface area contributed by atoms with Crippen molar-refractivity contribution in [2.75, 3.05) is 6.61 Å². The zero-order valence-electron chi connectivity index (χ0n) is 24.5. The van der Waals surface area contributed by atoms with Gasteiger partial charge in [0.2, 0.25) is 0 Å². The normalized spacial score (nSPS) is 12.4. The second-order valence-corrected chi connectivity index (χ2v) is 12.1. The minimum absolute atomic E-state index is 0.0666. The van der Waals surface area contributed by atoms with E-state index in [0.29, 0.717) is 18.9 Å². The molecule has 0 amide bonds. The number of esters is 1. The monoisotopic (exact) mass is 553 g/mol. The Kier molecular flexibility index (Phi) is 22.2. The largest absolute Gasteiger partial charge is 0.465 e. The van der Waals surface area contributed by atoms with Crippen LogP contribution < -0.4 is 5.73 Å². The molecule has 0 unspecified atom stereocenters. The first-order valence-electron chi connectivity index (χ1n) is 14.7. The fourth-order valence-electron chi connectivity index (χ4n) is 3.94. The van der Waals surface area contributed by atoms with Crippen LogP contribution in [0.1, 0.15) is 123 Å². The quantitative estimate of drug-likeness (QED) is 0.0729. The van der Waals surface area contributed by atoms with Crippen molar-refractivity contribution >= 4 is 16.1 Å². The first-order valence-corrected chi connectivity index (χ1v) is 16.1. The Morgan fingerprint density at radius 1 is 0.868 bits per heavy atom. The maximum Gasteiger partial charge on any atom is 0.322 e. The number of rotatable bonds is 20. The number of carbonyl (C=O) groups is 1. The minimum Gasteiger partial charge on any atom is -0.465 e. The molecule has 1 rings (SSSR count). The van der Waals surface area contributed by atoms with Crippen LogP contribution in [0.5, 0.6) is 0 Å². The van der Waals surface area contributed by atoms with Crippen LogP contribution in [0.15, 0.2) is 41.3 Å². The van der Waals surface area contributed by atoms with Crippen LogP contribution >= 0.6 is 0 Å². The molecule has 0 aliphatic carbocycles. The number of carbonyl (C=O) groups excluding carboxylic acids is 1. The Balaban J connectivity index is 0.00000103. The number of unbranched alkanes of at least 4 members (excludes halogenated alkanes) is 12. The van der Waals surface area contributed by atoms with Gasteiger partial charge in [0.15, 0.2) is 0 Å². The van der Waals surface area contributed by atoms with Crippen molar-refractivity contribution in [3.05, 3.63) is 42.0 Å². The fraction of sp³-hybridized carbons (Fsp3) is 0.710. The number of nitrogens with two attached hydrogens (primary N) is 1. The van der Waals surface area contributed by atoms with Crippen molar-refractivity contribution in [1.29, 1.82) is 0 Å². The lowest BCUT2D eigenvalue weighted by Crippen LogP contribution is -2.33. The SMILES string of the molecule is CCCCCCCC/C=C\CCCCCCCCOC(=O)[C@@H](N)CC(C)C.Cc1ccc(S(=O)(=O)O)cc1. The molecule has 0 spiro atoms. The lowest BCUT2D eigenvalue weighted by atomic mass is 10.1. The first-order chi connectivity index (χ1) is 18.1. The van der Waals surface area contributed by atoms with E-state index in [1.165, 1.54) is 89.2 Å². The van der Waals surface area contributed by atoms with Crippen LogP contribution in [0.2, 0.25) is 0 Å². The molecule has 0 heterocycles. The molecule has 3 N–H and O–H groups in total.